The maximum absolute atomic E-state index is 3.74. The Morgan fingerprint density at radius 1 is 0.850 bits per heavy atom. The molecule has 1 heterocycles. The summed E-state index contributed by atoms with van der Waals surface area (Å²) < 4.78 is 0. The van der Waals surface area contributed by atoms with E-state index in [0.29, 0.717) is 16.2 Å². The fraction of sp³-hybridized carbons (Fsp3) is 1.00. The van der Waals surface area contributed by atoms with Gasteiger partial charge in [0.15, 0.2) is 0 Å². The van der Waals surface area contributed by atoms with Crippen LogP contribution in [0.5, 0.6) is 0 Å². The highest BCUT2D eigenvalue weighted by molar-refractivity contribution is 5.04. The van der Waals surface area contributed by atoms with Crippen LogP contribution in [-0.2, 0) is 0 Å². The lowest BCUT2D eigenvalue weighted by atomic mass is 9.48. The van der Waals surface area contributed by atoms with E-state index in [1.54, 1.807) is 0 Å². The molecular formula is C19H35N. The van der Waals surface area contributed by atoms with Gasteiger partial charge in [-0.3, -0.25) is 0 Å². The summed E-state index contributed by atoms with van der Waals surface area (Å²) >= 11 is 0. The molecule has 20 heavy (non-hydrogen) atoms. The predicted octanol–water partition coefficient (Wildman–Crippen LogP) is 5.01. The van der Waals surface area contributed by atoms with Gasteiger partial charge in [0, 0.05) is 0 Å². The van der Waals surface area contributed by atoms with Gasteiger partial charge in [-0.2, -0.15) is 0 Å². The molecule has 1 unspecified atom stereocenters. The van der Waals surface area contributed by atoms with Crippen molar-refractivity contribution in [3.63, 3.8) is 0 Å². The van der Waals surface area contributed by atoms with Crippen molar-refractivity contribution in [1.29, 1.82) is 0 Å². The van der Waals surface area contributed by atoms with E-state index in [2.05, 4.69) is 33.0 Å². The lowest BCUT2D eigenvalue weighted by molar-refractivity contribution is -0.0735. The molecule has 0 amide bonds. The molecule has 2 saturated carbocycles. The molecule has 1 nitrogen and oxygen atoms in total. The van der Waals surface area contributed by atoms with Gasteiger partial charge >= 0.3 is 0 Å². The van der Waals surface area contributed by atoms with Crippen molar-refractivity contribution in [2.45, 2.75) is 79.1 Å². The number of rotatable bonds is 1. The van der Waals surface area contributed by atoms with Gasteiger partial charge in [0.1, 0.15) is 0 Å². The van der Waals surface area contributed by atoms with Crippen LogP contribution in [0.25, 0.3) is 0 Å². The van der Waals surface area contributed by atoms with Crippen LogP contribution >= 0.6 is 0 Å². The molecule has 116 valence electrons. The molecule has 1 saturated heterocycles. The van der Waals surface area contributed by atoms with Crippen molar-refractivity contribution in [3.8, 4) is 0 Å². The summed E-state index contributed by atoms with van der Waals surface area (Å²) in [5.41, 5.74) is 1.72. The topological polar surface area (TPSA) is 12.0 Å². The highest BCUT2D eigenvalue weighted by Crippen LogP contribution is 2.61. The second-order valence-corrected chi connectivity index (χ2v) is 9.83. The molecule has 0 aromatic carbocycles. The van der Waals surface area contributed by atoms with E-state index in [1.807, 2.05) is 0 Å². The van der Waals surface area contributed by atoms with Crippen LogP contribution in [0, 0.1) is 28.1 Å². The molecule has 0 aromatic heterocycles. The van der Waals surface area contributed by atoms with Crippen molar-refractivity contribution < 1.29 is 0 Å². The fourth-order valence-corrected chi connectivity index (χ4v) is 6.85. The van der Waals surface area contributed by atoms with Crippen molar-refractivity contribution in [1.82, 2.24) is 5.32 Å². The average molecular weight is 277 g/mol. The Kier molecular flexibility index (Phi) is 3.72. The van der Waals surface area contributed by atoms with Gasteiger partial charge < -0.3 is 5.32 Å². The first-order valence-electron chi connectivity index (χ1n) is 9.03. The van der Waals surface area contributed by atoms with Crippen LogP contribution in [0.15, 0.2) is 0 Å². The molecule has 3 fully saturated rings. The van der Waals surface area contributed by atoms with Gasteiger partial charge in [0.05, 0.1) is 0 Å². The summed E-state index contributed by atoms with van der Waals surface area (Å²) in [5.74, 6) is 1.98. The first-order valence-corrected chi connectivity index (χ1v) is 9.03. The Labute approximate surface area is 126 Å². The first-order chi connectivity index (χ1) is 9.32. The van der Waals surface area contributed by atoms with Gasteiger partial charge in [0.25, 0.3) is 0 Å². The van der Waals surface area contributed by atoms with Gasteiger partial charge in [0.2, 0.25) is 0 Å². The molecule has 1 spiro atoms. The maximum Gasteiger partial charge on any atom is -0.00125 e. The third-order valence-corrected chi connectivity index (χ3v) is 6.54. The maximum atomic E-state index is 3.74. The molecule has 0 aromatic rings. The zero-order valence-electron chi connectivity index (χ0n) is 14.2. The van der Waals surface area contributed by atoms with Gasteiger partial charge in [-0.05, 0) is 66.9 Å². The van der Waals surface area contributed by atoms with Crippen LogP contribution in [0.4, 0.5) is 0 Å². The summed E-state index contributed by atoms with van der Waals surface area (Å²) in [6.45, 7) is 12.7. The number of hydrogen-bond donors (Lipinski definition) is 1. The fourth-order valence-electron chi connectivity index (χ4n) is 6.85. The van der Waals surface area contributed by atoms with Gasteiger partial charge in [-0.25, -0.2) is 0 Å². The Bertz CT molecular complexity index is 333. The monoisotopic (exact) mass is 277 g/mol. The molecule has 1 heteroatoms. The van der Waals surface area contributed by atoms with E-state index in [0.717, 1.165) is 11.8 Å². The zero-order valence-corrected chi connectivity index (χ0v) is 14.2. The highest BCUT2D eigenvalue weighted by atomic mass is 14.9. The Balaban J connectivity index is 1.89. The zero-order chi connectivity index (χ0) is 14.4. The third-order valence-electron chi connectivity index (χ3n) is 6.54. The van der Waals surface area contributed by atoms with Crippen LogP contribution in [0.2, 0.25) is 0 Å². The van der Waals surface area contributed by atoms with E-state index in [9.17, 15) is 0 Å². The van der Waals surface area contributed by atoms with Crippen molar-refractivity contribution >= 4 is 0 Å². The third kappa shape index (κ3) is 2.80. The molecule has 2 aliphatic carbocycles. The molecule has 0 radical (unpaired) electrons. The van der Waals surface area contributed by atoms with Crippen LogP contribution in [-0.4, -0.2) is 13.1 Å². The highest BCUT2D eigenvalue weighted by Gasteiger charge is 2.53. The SMILES string of the molecule is CC1(C)CC(C)(C)CC2(CCNCC2C2CCCC2)C1. The van der Waals surface area contributed by atoms with Crippen molar-refractivity contribution in [3.05, 3.63) is 0 Å². The van der Waals surface area contributed by atoms with Gasteiger partial charge in [-0.15, -0.1) is 0 Å². The van der Waals surface area contributed by atoms with Crippen LogP contribution in [0.3, 0.4) is 0 Å². The van der Waals surface area contributed by atoms with Crippen LogP contribution in [0.1, 0.15) is 79.1 Å². The Hall–Kier alpha value is -0.0400. The minimum absolute atomic E-state index is 0.538. The lowest BCUT2D eigenvalue weighted by Crippen LogP contribution is -2.54. The predicted molar refractivity (Wildman–Crippen MR) is 86.8 cm³/mol. The molecule has 1 atom stereocenters. The molecule has 3 rings (SSSR count). The summed E-state index contributed by atoms with van der Waals surface area (Å²) in [7, 11) is 0. The van der Waals surface area contributed by atoms with E-state index >= 15 is 0 Å². The smallest absolute Gasteiger partial charge is 0.00125 e. The summed E-state index contributed by atoms with van der Waals surface area (Å²) in [6, 6.07) is 0. The summed E-state index contributed by atoms with van der Waals surface area (Å²) in [6.07, 6.45) is 11.8. The lowest BCUT2D eigenvalue weighted by Gasteiger charge is -2.58. The Morgan fingerprint density at radius 2 is 1.45 bits per heavy atom. The molecule has 1 N–H and O–H groups in total. The Morgan fingerprint density at radius 3 is 2.05 bits per heavy atom. The van der Waals surface area contributed by atoms with Crippen LogP contribution < -0.4 is 5.32 Å². The first kappa shape index (κ1) is 14.9. The van der Waals surface area contributed by atoms with Gasteiger partial charge in [-0.1, -0.05) is 53.4 Å². The standard InChI is InChI=1S/C19H35N/c1-17(2)12-18(3,4)14-19(13-17)9-10-20-11-16(19)15-7-5-6-8-15/h15-16,20H,5-14H2,1-4H3. The molecule has 3 aliphatic rings. The summed E-state index contributed by atoms with van der Waals surface area (Å²) in [4.78, 5) is 0. The molecule has 0 bridgehead atoms. The quantitative estimate of drug-likeness (QED) is 0.710. The minimum atomic E-state index is 0.538. The number of hydrogen-bond acceptors (Lipinski definition) is 1. The molecular weight excluding hydrogens is 242 g/mol. The second-order valence-electron chi connectivity index (χ2n) is 9.83. The van der Waals surface area contributed by atoms with Crippen molar-refractivity contribution in [2.75, 3.05) is 13.1 Å². The largest absolute Gasteiger partial charge is 0.316 e. The summed E-state index contributed by atoms with van der Waals surface area (Å²) in [5, 5.41) is 3.74. The van der Waals surface area contributed by atoms with E-state index < -0.39 is 0 Å². The van der Waals surface area contributed by atoms with E-state index in [1.165, 1.54) is 64.5 Å². The van der Waals surface area contributed by atoms with E-state index in [4.69, 9.17) is 0 Å². The number of nitrogens with one attached hydrogen (secondary N) is 1. The van der Waals surface area contributed by atoms with E-state index in [-0.39, 0.29) is 0 Å². The van der Waals surface area contributed by atoms with Crippen molar-refractivity contribution in [2.24, 2.45) is 28.1 Å². The molecule has 1 aliphatic heterocycles. The average Bonchev–Trinajstić information content (AvgIpc) is 2.77. The minimum Gasteiger partial charge on any atom is -0.316 e. The normalized spacial score (nSPS) is 36.3. The second kappa shape index (κ2) is 5.00. The number of piperidine rings is 1.